The maximum Gasteiger partial charge on any atom is 0.0500 e. The van der Waals surface area contributed by atoms with Gasteiger partial charge in [0.1, 0.15) is 0 Å². The Kier molecular flexibility index (Phi) is 18.6. The van der Waals surface area contributed by atoms with Crippen LogP contribution in [0.2, 0.25) is 0 Å². The van der Waals surface area contributed by atoms with Crippen LogP contribution >= 0.6 is 22.7 Å². The molecule has 0 spiro atoms. The molecule has 0 atom stereocenters. The molecule has 1 aliphatic rings. The van der Waals surface area contributed by atoms with Gasteiger partial charge in [-0.3, -0.25) is 0 Å². The van der Waals surface area contributed by atoms with E-state index >= 15 is 0 Å². The van der Waals surface area contributed by atoms with E-state index < -0.39 is 0 Å². The summed E-state index contributed by atoms with van der Waals surface area (Å²) < 4.78 is 2.85. The lowest BCUT2D eigenvalue weighted by Gasteiger charge is -2.31. The highest BCUT2D eigenvalue weighted by Gasteiger charge is 2.45. The van der Waals surface area contributed by atoms with Crippen LogP contribution in [-0.2, 0) is 5.41 Å². The molecule has 5 aromatic rings. The van der Waals surface area contributed by atoms with Gasteiger partial charge in [0, 0.05) is 47.3 Å². The third-order valence-corrected chi connectivity index (χ3v) is 16.5. The molecule has 0 bridgehead atoms. The molecule has 324 valence electrons. The van der Waals surface area contributed by atoms with Crippen LogP contribution < -0.4 is 0 Å². The lowest BCUT2D eigenvalue weighted by Crippen LogP contribution is -2.25. The van der Waals surface area contributed by atoms with Gasteiger partial charge in [0.05, 0.1) is 5.52 Å². The molecule has 2 aromatic carbocycles. The molecule has 59 heavy (non-hydrogen) atoms. The minimum atomic E-state index is 0.176. The van der Waals surface area contributed by atoms with Crippen molar-refractivity contribution < 1.29 is 0 Å². The molecule has 3 aromatic heterocycles. The van der Waals surface area contributed by atoms with Crippen LogP contribution in [-0.4, -0.2) is 4.57 Å². The maximum atomic E-state index is 2.85. The normalized spacial score (nSPS) is 13.4. The monoisotopic (exact) mass is 834 g/mol. The van der Waals surface area contributed by atoms with Crippen LogP contribution in [0.1, 0.15) is 235 Å². The van der Waals surface area contributed by atoms with Crippen molar-refractivity contribution in [2.45, 2.75) is 233 Å². The quantitative estimate of drug-likeness (QED) is 0.0406. The fourth-order valence-electron chi connectivity index (χ4n) is 10.7. The zero-order chi connectivity index (χ0) is 41.5. The second kappa shape index (κ2) is 23.7. The number of fused-ring (bicyclic) bond motifs is 6. The van der Waals surface area contributed by atoms with Gasteiger partial charge in [0.2, 0.25) is 0 Å². The van der Waals surface area contributed by atoms with Crippen molar-refractivity contribution in [2.24, 2.45) is 0 Å². The predicted octanol–water partition coefficient (Wildman–Crippen LogP) is 20.0. The molecule has 0 fully saturated rings. The smallest absolute Gasteiger partial charge is 0.0500 e. The molecule has 0 N–H and O–H groups in total. The van der Waals surface area contributed by atoms with Gasteiger partial charge in [-0.1, -0.05) is 206 Å². The van der Waals surface area contributed by atoms with E-state index in [2.05, 4.69) is 117 Å². The summed E-state index contributed by atoms with van der Waals surface area (Å²) in [6.07, 6.45) is 38.1. The Bertz CT molecular complexity index is 1950. The Morgan fingerprint density at radius 2 is 0.932 bits per heavy atom. The Hall–Kier alpha value is -2.36. The van der Waals surface area contributed by atoms with E-state index in [4.69, 9.17) is 0 Å². The molecule has 0 radical (unpaired) electrons. The van der Waals surface area contributed by atoms with E-state index in [-0.39, 0.29) is 5.41 Å². The fourth-order valence-corrected chi connectivity index (χ4v) is 13.3. The average Bonchev–Trinajstić information content (AvgIpc) is 3.98. The van der Waals surface area contributed by atoms with E-state index in [9.17, 15) is 0 Å². The van der Waals surface area contributed by atoms with Gasteiger partial charge >= 0.3 is 0 Å². The van der Waals surface area contributed by atoms with Crippen molar-refractivity contribution in [3.05, 3.63) is 70.1 Å². The highest BCUT2D eigenvalue weighted by molar-refractivity contribution is 7.24. The first-order valence-corrected chi connectivity index (χ1v) is 26.9. The van der Waals surface area contributed by atoms with Crippen molar-refractivity contribution in [2.75, 3.05) is 0 Å². The van der Waals surface area contributed by atoms with Crippen LogP contribution in [0.3, 0.4) is 0 Å². The standard InChI is InChI=1S/C56H83NS2/c1-7-11-15-19-23-27-31-46(32-28-24-20-16-12-8-2)57-51-39-43(5)33-35-47(51)48-36-34-45(41-52(48)57)53-42-50-55(59-53)54-49(40-44(6)58-54)56(50,37-29-25-21-17-13-9-3)38-30-26-22-18-14-10-4/h33-36,39-42,46H,7-32,37-38H2,1-6H3. The third kappa shape index (κ3) is 11.6. The molecule has 0 saturated carbocycles. The zero-order valence-corrected chi connectivity index (χ0v) is 40.4. The summed E-state index contributed by atoms with van der Waals surface area (Å²) in [6.45, 7) is 14.0. The molecule has 0 aliphatic heterocycles. The minimum Gasteiger partial charge on any atom is -0.337 e. The summed E-state index contributed by atoms with van der Waals surface area (Å²) >= 11 is 4.19. The van der Waals surface area contributed by atoms with Gasteiger partial charge in [-0.05, 0) is 86.1 Å². The SMILES string of the molecule is CCCCCCCCC(CCCCCCCC)n1c2cc(C)ccc2c2ccc(-c3cc4c(s3)-c3sc(C)cc3C4(CCCCCCCC)CCCCCCCC)cc21. The first-order chi connectivity index (χ1) is 28.9. The number of nitrogens with zero attached hydrogens (tertiary/aromatic N) is 1. The van der Waals surface area contributed by atoms with E-state index in [1.54, 1.807) is 20.9 Å². The lowest BCUT2D eigenvalue weighted by molar-refractivity contribution is 0.398. The minimum absolute atomic E-state index is 0.176. The predicted molar refractivity (Wildman–Crippen MR) is 267 cm³/mol. The average molecular weight is 834 g/mol. The Balaban J connectivity index is 1.37. The number of unbranched alkanes of at least 4 members (excludes halogenated alkanes) is 20. The second-order valence-electron chi connectivity index (χ2n) is 19.0. The van der Waals surface area contributed by atoms with Gasteiger partial charge in [-0.15, -0.1) is 22.7 Å². The van der Waals surface area contributed by atoms with Crippen LogP contribution in [0.25, 0.3) is 42.0 Å². The molecule has 1 nitrogen and oxygen atoms in total. The van der Waals surface area contributed by atoms with Crippen LogP contribution in [0, 0.1) is 13.8 Å². The van der Waals surface area contributed by atoms with Crippen molar-refractivity contribution >= 4 is 44.5 Å². The van der Waals surface area contributed by atoms with Crippen molar-refractivity contribution in [1.82, 2.24) is 4.57 Å². The van der Waals surface area contributed by atoms with Gasteiger partial charge in [0.15, 0.2) is 0 Å². The molecule has 3 heterocycles. The van der Waals surface area contributed by atoms with Gasteiger partial charge in [-0.25, -0.2) is 0 Å². The molecule has 0 amide bonds. The highest BCUT2D eigenvalue weighted by atomic mass is 32.1. The molecule has 1 aliphatic carbocycles. The number of hydrogen-bond acceptors (Lipinski definition) is 2. The Labute approximate surface area is 370 Å². The number of rotatable bonds is 30. The van der Waals surface area contributed by atoms with Crippen molar-refractivity contribution in [1.29, 1.82) is 0 Å². The van der Waals surface area contributed by atoms with Crippen LogP contribution in [0.5, 0.6) is 0 Å². The van der Waals surface area contributed by atoms with Crippen LogP contribution in [0.15, 0.2) is 48.5 Å². The van der Waals surface area contributed by atoms with Gasteiger partial charge in [0.25, 0.3) is 0 Å². The summed E-state index contributed by atoms with van der Waals surface area (Å²) in [7, 11) is 0. The third-order valence-electron chi connectivity index (χ3n) is 14.1. The molecule has 6 rings (SSSR count). The number of benzene rings is 2. The highest BCUT2D eigenvalue weighted by Crippen LogP contribution is 2.60. The van der Waals surface area contributed by atoms with E-state index in [0.29, 0.717) is 6.04 Å². The number of hydrogen-bond donors (Lipinski definition) is 0. The van der Waals surface area contributed by atoms with E-state index in [1.807, 2.05) is 0 Å². The molecule has 0 saturated heterocycles. The molecule has 3 heteroatoms. The van der Waals surface area contributed by atoms with E-state index in [1.165, 1.54) is 222 Å². The topological polar surface area (TPSA) is 4.93 Å². The first-order valence-electron chi connectivity index (χ1n) is 25.3. The molecular weight excluding hydrogens is 751 g/mol. The zero-order valence-electron chi connectivity index (χ0n) is 38.8. The Morgan fingerprint density at radius 3 is 1.49 bits per heavy atom. The van der Waals surface area contributed by atoms with Crippen molar-refractivity contribution in [3.63, 3.8) is 0 Å². The van der Waals surface area contributed by atoms with Crippen LogP contribution in [0.4, 0.5) is 0 Å². The first kappa shape index (κ1) is 46.2. The molecule has 0 unspecified atom stereocenters. The summed E-state index contributed by atoms with van der Waals surface area (Å²) in [6, 6.07) is 20.7. The van der Waals surface area contributed by atoms with E-state index in [0.717, 1.165) is 0 Å². The summed E-state index contributed by atoms with van der Waals surface area (Å²) in [5.41, 5.74) is 9.28. The summed E-state index contributed by atoms with van der Waals surface area (Å²) in [5.74, 6) is 0. The number of thiophene rings is 2. The Morgan fingerprint density at radius 1 is 0.475 bits per heavy atom. The number of aromatic nitrogens is 1. The number of aryl methyl sites for hydroxylation is 2. The maximum absolute atomic E-state index is 2.85. The fraction of sp³-hybridized carbons (Fsp3) is 0.643. The van der Waals surface area contributed by atoms with Gasteiger partial charge < -0.3 is 4.57 Å². The molecular formula is C56H83NS2. The van der Waals surface area contributed by atoms with Crippen molar-refractivity contribution in [3.8, 4) is 20.2 Å². The largest absolute Gasteiger partial charge is 0.337 e. The summed E-state index contributed by atoms with van der Waals surface area (Å²) in [5, 5.41) is 2.89. The van der Waals surface area contributed by atoms with Gasteiger partial charge in [-0.2, -0.15) is 0 Å². The lowest BCUT2D eigenvalue weighted by atomic mass is 9.71. The summed E-state index contributed by atoms with van der Waals surface area (Å²) in [4.78, 5) is 6.19. The second-order valence-corrected chi connectivity index (χ2v) is 21.3.